The molecular weight excluding hydrogens is 200 g/mol. The minimum absolute atomic E-state index is 0.591. The maximum absolute atomic E-state index is 5.73. The van der Waals surface area contributed by atoms with Crippen molar-refractivity contribution >= 4 is 17.3 Å². The maximum Gasteiger partial charge on any atom is 0.227 e. The van der Waals surface area contributed by atoms with E-state index in [1.807, 2.05) is 38.1 Å². The van der Waals surface area contributed by atoms with Crippen LogP contribution >= 0.6 is 0 Å². The van der Waals surface area contributed by atoms with E-state index in [9.17, 15) is 0 Å². The average Bonchev–Trinajstić information content (AvgIpc) is 2.24. The second-order valence-corrected chi connectivity index (χ2v) is 3.72. The van der Waals surface area contributed by atoms with Gasteiger partial charge in [-0.1, -0.05) is 6.07 Å². The Kier molecular flexibility index (Phi) is 2.72. The molecule has 0 aliphatic rings. The molecule has 0 spiro atoms. The molecule has 0 amide bonds. The van der Waals surface area contributed by atoms with Gasteiger partial charge in [0, 0.05) is 23.3 Å². The molecule has 4 nitrogen and oxygen atoms in total. The van der Waals surface area contributed by atoms with Crippen molar-refractivity contribution in [1.29, 1.82) is 0 Å². The summed E-state index contributed by atoms with van der Waals surface area (Å²) in [6.07, 6.45) is 1.73. The van der Waals surface area contributed by atoms with Crippen molar-refractivity contribution in [3.63, 3.8) is 0 Å². The summed E-state index contributed by atoms with van der Waals surface area (Å²) in [5, 5.41) is 3.15. The monoisotopic (exact) mass is 214 g/mol. The van der Waals surface area contributed by atoms with E-state index in [0.717, 1.165) is 22.6 Å². The van der Waals surface area contributed by atoms with Crippen LogP contribution in [0.3, 0.4) is 0 Å². The van der Waals surface area contributed by atoms with E-state index in [2.05, 4.69) is 15.3 Å². The quantitative estimate of drug-likeness (QED) is 0.753. The van der Waals surface area contributed by atoms with E-state index in [1.165, 1.54) is 0 Å². The molecule has 0 aliphatic carbocycles. The Hall–Kier alpha value is -2.10. The van der Waals surface area contributed by atoms with Crippen LogP contribution in [0.2, 0.25) is 0 Å². The normalized spacial score (nSPS) is 10.1. The second-order valence-electron chi connectivity index (χ2n) is 3.72. The Bertz CT molecular complexity index is 508. The summed E-state index contributed by atoms with van der Waals surface area (Å²) >= 11 is 0. The minimum Gasteiger partial charge on any atom is -0.399 e. The van der Waals surface area contributed by atoms with Gasteiger partial charge < -0.3 is 11.1 Å². The zero-order chi connectivity index (χ0) is 11.5. The predicted molar refractivity (Wildman–Crippen MR) is 65.6 cm³/mol. The van der Waals surface area contributed by atoms with Crippen molar-refractivity contribution in [2.45, 2.75) is 13.8 Å². The molecule has 2 rings (SSSR count). The molecule has 0 saturated heterocycles. The van der Waals surface area contributed by atoms with E-state index in [1.54, 1.807) is 6.20 Å². The molecule has 0 fully saturated rings. The molecule has 3 N–H and O–H groups in total. The van der Waals surface area contributed by atoms with Gasteiger partial charge in [0.15, 0.2) is 0 Å². The molecule has 2 aromatic rings. The third-order valence-corrected chi connectivity index (χ3v) is 2.30. The van der Waals surface area contributed by atoms with Crippen molar-refractivity contribution in [3.05, 3.63) is 41.7 Å². The molecule has 16 heavy (non-hydrogen) atoms. The molecule has 0 aliphatic heterocycles. The van der Waals surface area contributed by atoms with Crippen LogP contribution in [0.1, 0.15) is 11.3 Å². The van der Waals surface area contributed by atoms with E-state index in [0.29, 0.717) is 5.95 Å². The summed E-state index contributed by atoms with van der Waals surface area (Å²) in [4.78, 5) is 8.42. The van der Waals surface area contributed by atoms with Crippen molar-refractivity contribution in [2.24, 2.45) is 0 Å². The van der Waals surface area contributed by atoms with Crippen LogP contribution in [0, 0.1) is 13.8 Å². The number of anilines is 3. The first-order chi connectivity index (χ1) is 7.65. The Labute approximate surface area is 94.5 Å². The van der Waals surface area contributed by atoms with Gasteiger partial charge in [0.25, 0.3) is 0 Å². The molecule has 1 aromatic heterocycles. The lowest BCUT2D eigenvalue weighted by Gasteiger charge is -2.08. The summed E-state index contributed by atoms with van der Waals surface area (Å²) < 4.78 is 0. The van der Waals surface area contributed by atoms with Gasteiger partial charge in [-0.15, -0.1) is 0 Å². The predicted octanol–water partition coefficient (Wildman–Crippen LogP) is 2.42. The lowest BCUT2D eigenvalue weighted by Crippen LogP contribution is -2.00. The van der Waals surface area contributed by atoms with Gasteiger partial charge >= 0.3 is 0 Å². The van der Waals surface area contributed by atoms with Gasteiger partial charge in [-0.2, -0.15) is 0 Å². The summed E-state index contributed by atoms with van der Waals surface area (Å²) in [5.74, 6) is 0.591. The Morgan fingerprint density at radius 1 is 1.19 bits per heavy atom. The van der Waals surface area contributed by atoms with Crippen LogP contribution in [-0.2, 0) is 0 Å². The minimum atomic E-state index is 0.591. The first-order valence-corrected chi connectivity index (χ1v) is 5.08. The number of aryl methyl sites for hydroxylation is 2. The van der Waals surface area contributed by atoms with Gasteiger partial charge in [-0.3, -0.25) is 0 Å². The highest BCUT2D eigenvalue weighted by molar-refractivity contribution is 5.63. The summed E-state index contributed by atoms with van der Waals surface area (Å²) in [7, 11) is 0. The number of nitrogens with two attached hydrogens (primary N) is 1. The molecule has 0 unspecified atom stereocenters. The van der Waals surface area contributed by atoms with Crippen LogP contribution in [0.5, 0.6) is 0 Å². The third kappa shape index (κ3) is 2.28. The molecule has 0 bridgehead atoms. The highest BCUT2D eigenvalue weighted by Crippen LogP contribution is 2.20. The number of hydrogen-bond donors (Lipinski definition) is 2. The number of nitrogen functional groups attached to an aromatic ring is 1. The van der Waals surface area contributed by atoms with Gasteiger partial charge in [0.2, 0.25) is 5.95 Å². The maximum atomic E-state index is 5.73. The third-order valence-electron chi connectivity index (χ3n) is 2.30. The van der Waals surface area contributed by atoms with Gasteiger partial charge in [-0.05, 0) is 37.6 Å². The van der Waals surface area contributed by atoms with Crippen LogP contribution < -0.4 is 11.1 Å². The fourth-order valence-corrected chi connectivity index (χ4v) is 1.40. The number of nitrogens with zero attached hydrogens (tertiary/aromatic N) is 2. The van der Waals surface area contributed by atoms with Gasteiger partial charge in [-0.25, -0.2) is 9.97 Å². The SMILES string of the molecule is Cc1ccnc(Nc2cc(N)ccc2C)n1. The van der Waals surface area contributed by atoms with Crippen LogP contribution in [0.4, 0.5) is 17.3 Å². The van der Waals surface area contributed by atoms with Crippen molar-refractivity contribution in [3.8, 4) is 0 Å². The highest BCUT2D eigenvalue weighted by Gasteiger charge is 2.01. The van der Waals surface area contributed by atoms with Crippen molar-refractivity contribution in [2.75, 3.05) is 11.1 Å². The molecule has 4 heteroatoms. The first-order valence-electron chi connectivity index (χ1n) is 5.08. The number of aromatic nitrogens is 2. The molecule has 1 aromatic carbocycles. The largest absolute Gasteiger partial charge is 0.399 e. The van der Waals surface area contributed by atoms with E-state index in [4.69, 9.17) is 5.73 Å². The Balaban J connectivity index is 2.30. The summed E-state index contributed by atoms with van der Waals surface area (Å²) in [6.45, 7) is 3.94. The smallest absolute Gasteiger partial charge is 0.227 e. The molecule has 1 heterocycles. The summed E-state index contributed by atoms with van der Waals surface area (Å²) in [5.41, 5.74) is 9.43. The fraction of sp³-hybridized carbons (Fsp3) is 0.167. The van der Waals surface area contributed by atoms with Crippen molar-refractivity contribution in [1.82, 2.24) is 9.97 Å². The number of rotatable bonds is 2. The fourth-order valence-electron chi connectivity index (χ4n) is 1.40. The Morgan fingerprint density at radius 3 is 2.75 bits per heavy atom. The number of hydrogen-bond acceptors (Lipinski definition) is 4. The van der Waals surface area contributed by atoms with E-state index in [-0.39, 0.29) is 0 Å². The molecule has 82 valence electrons. The molecular formula is C12H14N4. The summed E-state index contributed by atoms with van der Waals surface area (Å²) in [6, 6.07) is 7.57. The zero-order valence-electron chi connectivity index (χ0n) is 9.36. The number of benzene rings is 1. The first kappa shape index (κ1) is 10.4. The Morgan fingerprint density at radius 2 is 2.00 bits per heavy atom. The highest BCUT2D eigenvalue weighted by atomic mass is 15.1. The number of nitrogens with one attached hydrogen (secondary N) is 1. The molecule has 0 saturated carbocycles. The zero-order valence-corrected chi connectivity index (χ0v) is 9.36. The van der Waals surface area contributed by atoms with E-state index >= 15 is 0 Å². The topological polar surface area (TPSA) is 63.8 Å². The second kappa shape index (κ2) is 4.18. The van der Waals surface area contributed by atoms with Crippen LogP contribution in [0.15, 0.2) is 30.5 Å². The van der Waals surface area contributed by atoms with E-state index < -0.39 is 0 Å². The van der Waals surface area contributed by atoms with Gasteiger partial charge in [0.1, 0.15) is 0 Å². The lowest BCUT2D eigenvalue weighted by molar-refractivity contribution is 1.10. The molecule has 0 atom stereocenters. The molecule has 0 radical (unpaired) electrons. The van der Waals surface area contributed by atoms with Gasteiger partial charge in [0.05, 0.1) is 0 Å². The van der Waals surface area contributed by atoms with Crippen LogP contribution in [-0.4, -0.2) is 9.97 Å². The average molecular weight is 214 g/mol. The van der Waals surface area contributed by atoms with Crippen molar-refractivity contribution < 1.29 is 0 Å². The lowest BCUT2D eigenvalue weighted by atomic mass is 10.2. The standard InChI is InChI=1S/C12H14N4/c1-8-3-4-10(13)7-11(8)16-12-14-6-5-9(2)15-12/h3-7H,13H2,1-2H3,(H,14,15,16). The van der Waals surface area contributed by atoms with Crippen LogP contribution in [0.25, 0.3) is 0 Å².